The quantitative estimate of drug-likeness (QED) is 0.632. The van der Waals surface area contributed by atoms with Gasteiger partial charge in [0.25, 0.3) is 5.91 Å². The average molecular weight is 368 g/mol. The van der Waals surface area contributed by atoms with Crippen molar-refractivity contribution in [2.75, 3.05) is 14.2 Å². The number of thiophene rings is 1. The predicted molar refractivity (Wildman–Crippen MR) is 102 cm³/mol. The summed E-state index contributed by atoms with van der Waals surface area (Å²) >= 11 is 1.63. The average Bonchev–Trinajstić information content (AvgIpc) is 3.20. The van der Waals surface area contributed by atoms with E-state index in [4.69, 9.17) is 9.47 Å². The molecule has 3 rings (SSSR count). The number of para-hydroxylation sites is 1. The van der Waals surface area contributed by atoms with E-state index in [0.29, 0.717) is 24.5 Å². The molecular weight excluding hydrogens is 348 g/mol. The lowest BCUT2D eigenvalue weighted by Gasteiger charge is -2.23. The molecule has 0 atom stereocenters. The maximum atomic E-state index is 13.1. The Morgan fingerprint density at radius 3 is 2.54 bits per heavy atom. The van der Waals surface area contributed by atoms with Crippen LogP contribution in [0.4, 0.5) is 0 Å². The number of rotatable bonds is 7. The molecule has 0 radical (unpaired) electrons. The second-order valence-corrected chi connectivity index (χ2v) is 6.67. The molecule has 6 heteroatoms. The maximum Gasteiger partial charge on any atom is 0.256 e. The summed E-state index contributed by atoms with van der Waals surface area (Å²) in [6.45, 7) is 0.980. The van der Waals surface area contributed by atoms with Crippen molar-refractivity contribution < 1.29 is 14.3 Å². The Morgan fingerprint density at radius 2 is 1.88 bits per heavy atom. The van der Waals surface area contributed by atoms with Gasteiger partial charge >= 0.3 is 0 Å². The molecular formula is C20H20N2O3S. The number of amides is 1. The molecule has 0 saturated heterocycles. The van der Waals surface area contributed by atoms with E-state index in [-0.39, 0.29) is 5.91 Å². The van der Waals surface area contributed by atoms with Gasteiger partial charge in [0, 0.05) is 22.7 Å². The third kappa shape index (κ3) is 4.21. The second-order valence-electron chi connectivity index (χ2n) is 5.64. The molecule has 1 aromatic carbocycles. The van der Waals surface area contributed by atoms with E-state index >= 15 is 0 Å². The van der Waals surface area contributed by atoms with Gasteiger partial charge in [-0.1, -0.05) is 24.3 Å². The highest BCUT2D eigenvalue weighted by atomic mass is 32.1. The van der Waals surface area contributed by atoms with Crippen LogP contribution in [-0.2, 0) is 13.1 Å². The molecule has 5 nitrogen and oxygen atoms in total. The number of nitrogens with zero attached hydrogens (tertiary/aromatic N) is 2. The van der Waals surface area contributed by atoms with Crippen LogP contribution >= 0.6 is 11.3 Å². The van der Waals surface area contributed by atoms with E-state index < -0.39 is 0 Å². The molecule has 3 aromatic rings. The molecule has 0 fully saturated rings. The SMILES string of the molecule is COc1ccc(C(=O)N(Cc2cccs2)Cc2ccccc2OC)cn1. The number of benzene rings is 1. The summed E-state index contributed by atoms with van der Waals surface area (Å²) in [5, 5.41) is 2.01. The second kappa shape index (κ2) is 8.49. The van der Waals surface area contributed by atoms with Crippen LogP contribution in [0.15, 0.2) is 60.1 Å². The Bertz CT molecular complexity index is 848. The van der Waals surface area contributed by atoms with Gasteiger partial charge in [-0.25, -0.2) is 4.98 Å². The van der Waals surface area contributed by atoms with Crippen molar-refractivity contribution in [3.63, 3.8) is 0 Å². The van der Waals surface area contributed by atoms with Gasteiger partial charge in [-0.15, -0.1) is 11.3 Å². The van der Waals surface area contributed by atoms with E-state index in [9.17, 15) is 4.79 Å². The van der Waals surface area contributed by atoms with Gasteiger partial charge in [-0.3, -0.25) is 4.79 Å². The van der Waals surface area contributed by atoms with Crippen molar-refractivity contribution in [3.05, 3.63) is 76.1 Å². The van der Waals surface area contributed by atoms with E-state index in [0.717, 1.165) is 16.2 Å². The van der Waals surface area contributed by atoms with Crippen molar-refractivity contribution in [3.8, 4) is 11.6 Å². The van der Waals surface area contributed by atoms with E-state index in [1.54, 1.807) is 48.8 Å². The Morgan fingerprint density at radius 1 is 1.04 bits per heavy atom. The van der Waals surface area contributed by atoms with Gasteiger partial charge in [0.15, 0.2) is 0 Å². The predicted octanol–water partition coefficient (Wildman–Crippen LogP) is 4.00. The number of methoxy groups -OCH3 is 2. The van der Waals surface area contributed by atoms with Crippen LogP contribution in [0.2, 0.25) is 0 Å². The molecule has 0 aliphatic carbocycles. The zero-order valence-electron chi connectivity index (χ0n) is 14.7. The summed E-state index contributed by atoms with van der Waals surface area (Å²) < 4.78 is 10.5. The fourth-order valence-corrected chi connectivity index (χ4v) is 3.36. The van der Waals surface area contributed by atoms with Crippen LogP contribution in [-0.4, -0.2) is 30.0 Å². The highest BCUT2D eigenvalue weighted by Crippen LogP contribution is 2.23. The first-order valence-electron chi connectivity index (χ1n) is 8.15. The van der Waals surface area contributed by atoms with E-state index in [2.05, 4.69) is 4.98 Å². The lowest BCUT2D eigenvalue weighted by Crippen LogP contribution is -2.30. The number of aromatic nitrogens is 1. The fourth-order valence-electron chi connectivity index (χ4n) is 2.64. The van der Waals surface area contributed by atoms with Crippen molar-refractivity contribution >= 4 is 17.2 Å². The van der Waals surface area contributed by atoms with Gasteiger partial charge in [-0.2, -0.15) is 0 Å². The number of ether oxygens (including phenoxy) is 2. The lowest BCUT2D eigenvalue weighted by atomic mass is 10.1. The molecule has 2 heterocycles. The number of carbonyl (C=O) groups excluding carboxylic acids is 1. The molecule has 0 N–H and O–H groups in total. The van der Waals surface area contributed by atoms with Gasteiger partial charge in [0.05, 0.1) is 32.9 Å². The Labute approximate surface area is 156 Å². The Balaban J connectivity index is 1.87. The monoisotopic (exact) mass is 368 g/mol. The molecule has 0 aliphatic rings. The van der Waals surface area contributed by atoms with Crippen LogP contribution in [0.25, 0.3) is 0 Å². The number of hydrogen-bond donors (Lipinski definition) is 0. The minimum Gasteiger partial charge on any atom is -0.496 e. The molecule has 0 aliphatic heterocycles. The van der Waals surface area contributed by atoms with Crippen molar-refractivity contribution in [2.24, 2.45) is 0 Å². The summed E-state index contributed by atoms with van der Waals surface area (Å²) in [7, 11) is 3.19. The standard InChI is InChI=1S/C20H20N2O3S/c1-24-18-8-4-3-6-16(18)13-22(14-17-7-5-11-26-17)20(23)15-9-10-19(25-2)21-12-15/h3-12H,13-14H2,1-2H3. The molecule has 0 bridgehead atoms. The van der Waals surface area contributed by atoms with Crippen LogP contribution in [0.1, 0.15) is 20.8 Å². The van der Waals surface area contributed by atoms with Crippen LogP contribution in [0, 0.1) is 0 Å². The summed E-state index contributed by atoms with van der Waals surface area (Å²) in [5.41, 5.74) is 1.48. The van der Waals surface area contributed by atoms with Gasteiger partial charge in [0.1, 0.15) is 5.75 Å². The number of pyridine rings is 1. The third-order valence-electron chi connectivity index (χ3n) is 3.96. The first-order chi connectivity index (χ1) is 12.7. The van der Waals surface area contributed by atoms with Gasteiger partial charge < -0.3 is 14.4 Å². The first-order valence-corrected chi connectivity index (χ1v) is 9.03. The van der Waals surface area contributed by atoms with Crippen LogP contribution < -0.4 is 9.47 Å². The molecule has 1 amide bonds. The zero-order chi connectivity index (χ0) is 18.4. The number of hydrogen-bond acceptors (Lipinski definition) is 5. The first kappa shape index (κ1) is 17.9. The largest absolute Gasteiger partial charge is 0.496 e. The molecule has 0 saturated carbocycles. The molecule has 134 valence electrons. The Kier molecular flexibility index (Phi) is 5.86. The maximum absolute atomic E-state index is 13.1. The summed E-state index contributed by atoms with van der Waals surface area (Å²) in [4.78, 5) is 20.1. The van der Waals surface area contributed by atoms with Gasteiger partial charge in [-0.05, 0) is 23.6 Å². The smallest absolute Gasteiger partial charge is 0.256 e. The minimum atomic E-state index is -0.0838. The molecule has 0 spiro atoms. The molecule has 26 heavy (non-hydrogen) atoms. The van der Waals surface area contributed by atoms with E-state index in [1.165, 1.54) is 0 Å². The van der Waals surface area contributed by atoms with Crippen molar-refractivity contribution in [1.29, 1.82) is 0 Å². The van der Waals surface area contributed by atoms with Crippen LogP contribution in [0.3, 0.4) is 0 Å². The van der Waals surface area contributed by atoms with Crippen molar-refractivity contribution in [2.45, 2.75) is 13.1 Å². The molecule has 2 aromatic heterocycles. The number of carbonyl (C=O) groups is 1. The van der Waals surface area contributed by atoms with E-state index in [1.807, 2.05) is 41.8 Å². The zero-order valence-corrected chi connectivity index (χ0v) is 15.5. The summed E-state index contributed by atoms with van der Waals surface area (Å²) in [5.74, 6) is 1.17. The third-order valence-corrected chi connectivity index (χ3v) is 4.82. The summed E-state index contributed by atoms with van der Waals surface area (Å²) in [6.07, 6.45) is 1.55. The highest BCUT2D eigenvalue weighted by molar-refractivity contribution is 7.09. The summed E-state index contributed by atoms with van der Waals surface area (Å²) in [6, 6.07) is 15.2. The van der Waals surface area contributed by atoms with Crippen molar-refractivity contribution in [1.82, 2.24) is 9.88 Å². The fraction of sp³-hybridized carbons (Fsp3) is 0.200. The lowest BCUT2D eigenvalue weighted by molar-refractivity contribution is 0.0730. The van der Waals surface area contributed by atoms with Crippen LogP contribution in [0.5, 0.6) is 11.6 Å². The highest BCUT2D eigenvalue weighted by Gasteiger charge is 2.19. The molecule has 0 unspecified atom stereocenters. The topological polar surface area (TPSA) is 51.7 Å². The normalized spacial score (nSPS) is 10.4. The Hall–Kier alpha value is -2.86. The minimum absolute atomic E-state index is 0.0838. The van der Waals surface area contributed by atoms with Gasteiger partial charge in [0.2, 0.25) is 5.88 Å².